The van der Waals surface area contributed by atoms with E-state index in [9.17, 15) is 4.79 Å². The second-order valence-electron chi connectivity index (χ2n) is 5.22. The van der Waals surface area contributed by atoms with Crippen LogP contribution in [0, 0.1) is 5.41 Å². The van der Waals surface area contributed by atoms with E-state index >= 15 is 0 Å². The topological polar surface area (TPSA) is 29.1 Å². The van der Waals surface area contributed by atoms with Crippen molar-refractivity contribution in [2.75, 3.05) is 0 Å². The van der Waals surface area contributed by atoms with Gasteiger partial charge in [0.25, 0.3) is 0 Å². The lowest BCUT2D eigenvalue weighted by molar-refractivity contribution is -0.129. The maximum Gasteiger partial charge on any atom is 0.155 e. The van der Waals surface area contributed by atoms with Crippen molar-refractivity contribution in [1.82, 2.24) is 5.32 Å². The van der Waals surface area contributed by atoms with E-state index in [0.29, 0.717) is 5.78 Å². The number of carbonyl (C=O) groups is 1. The van der Waals surface area contributed by atoms with Gasteiger partial charge in [0, 0.05) is 16.8 Å². The Morgan fingerprint density at radius 1 is 1.36 bits per heavy atom. The highest BCUT2D eigenvalue weighted by Crippen LogP contribution is 2.24. The number of alkyl halides is 1. The van der Waals surface area contributed by atoms with E-state index in [2.05, 4.69) is 5.32 Å². The summed E-state index contributed by atoms with van der Waals surface area (Å²) in [4.78, 5) is 12.0. The lowest BCUT2D eigenvalue weighted by Crippen LogP contribution is -2.52. The van der Waals surface area contributed by atoms with Gasteiger partial charge in [0.1, 0.15) is 0 Å². The van der Waals surface area contributed by atoms with E-state index in [1.165, 1.54) is 0 Å². The van der Waals surface area contributed by atoms with Gasteiger partial charge in [-0.05, 0) is 19.8 Å². The fraction of sp³-hybridized carbons (Fsp3) is 0.909. The van der Waals surface area contributed by atoms with Gasteiger partial charge in [-0.25, -0.2) is 0 Å². The zero-order valence-electron chi connectivity index (χ0n) is 9.43. The van der Waals surface area contributed by atoms with Crippen molar-refractivity contribution in [3.63, 3.8) is 0 Å². The third-order valence-electron chi connectivity index (χ3n) is 2.79. The van der Waals surface area contributed by atoms with Crippen LogP contribution in [0.1, 0.15) is 40.5 Å². The van der Waals surface area contributed by atoms with Crippen LogP contribution in [0.25, 0.3) is 0 Å². The number of Topliss-reactive ketones (excluding diaryl/α,β-unsaturated/α-hetero) is 1. The number of rotatable bonds is 1. The number of hydrogen-bond acceptors (Lipinski definition) is 2. The Kier molecular flexibility index (Phi) is 3.59. The fourth-order valence-electron chi connectivity index (χ4n) is 1.81. The van der Waals surface area contributed by atoms with Crippen molar-refractivity contribution in [2.45, 2.75) is 58.0 Å². The molecule has 3 atom stereocenters. The van der Waals surface area contributed by atoms with Crippen LogP contribution in [-0.4, -0.2) is 23.2 Å². The van der Waals surface area contributed by atoms with E-state index in [0.717, 1.165) is 12.8 Å². The number of hydrogen-bond donors (Lipinski definition) is 1. The Hall–Kier alpha value is -0.0800. The highest BCUT2D eigenvalue weighted by atomic mass is 35.5. The summed E-state index contributed by atoms with van der Waals surface area (Å²) in [5.74, 6) is 0.299. The molecule has 1 rings (SSSR count). The van der Waals surface area contributed by atoms with Crippen LogP contribution in [0.15, 0.2) is 0 Å². The minimum Gasteiger partial charge on any atom is -0.303 e. The molecule has 3 heteroatoms. The van der Waals surface area contributed by atoms with Crippen molar-refractivity contribution < 1.29 is 4.79 Å². The third kappa shape index (κ3) is 2.71. The van der Waals surface area contributed by atoms with Gasteiger partial charge in [-0.1, -0.05) is 20.8 Å². The fourth-order valence-corrected chi connectivity index (χ4v) is 2.01. The molecule has 2 nitrogen and oxygen atoms in total. The largest absolute Gasteiger partial charge is 0.303 e. The van der Waals surface area contributed by atoms with Crippen molar-refractivity contribution in [2.24, 2.45) is 5.41 Å². The molecule has 0 aliphatic carbocycles. The molecule has 0 spiro atoms. The van der Waals surface area contributed by atoms with Crippen molar-refractivity contribution >= 4 is 17.4 Å². The molecule has 0 radical (unpaired) electrons. The summed E-state index contributed by atoms with van der Waals surface area (Å²) in [6.45, 7) is 7.94. The van der Waals surface area contributed by atoms with Gasteiger partial charge in [-0.2, -0.15) is 0 Å². The molecule has 0 aromatic heterocycles. The van der Waals surface area contributed by atoms with E-state index in [1.807, 2.05) is 27.7 Å². The Bertz CT molecular complexity index is 222. The molecule has 0 saturated carbocycles. The summed E-state index contributed by atoms with van der Waals surface area (Å²) in [5.41, 5.74) is -0.253. The SMILES string of the molecule is CC1NC(C(=O)C(C)(C)C)CCC1Cl. The Balaban J connectivity index is 2.59. The molecule has 0 bridgehead atoms. The Labute approximate surface area is 91.4 Å². The first kappa shape index (κ1) is 12.0. The van der Waals surface area contributed by atoms with Crippen molar-refractivity contribution in [1.29, 1.82) is 0 Å². The summed E-state index contributed by atoms with van der Waals surface area (Å²) in [5, 5.41) is 3.46. The molecule has 82 valence electrons. The van der Waals surface area contributed by atoms with Crippen LogP contribution in [-0.2, 0) is 4.79 Å². The summed E-state index contributed by atoms with van der Waals surface area (Å²) in [6, 6.07) is 0.238. The monoisotopic (exact) mass is 217 g/mol. The average molecular weight is 218 g/mol. The first-order valence-electron chi connectivity index (χ1n) is 5.27. The van der Waals surface area contributed by atoms with Gasteiger partial charge < -0.3 is 5.32 Å². The van der Waals surface area contributed by atoms with Gasteiger partial charge in [-0.15, -0.1) is 11.6 Å². The van der Waals surface area contributed by atoms with Crippen molar-refractivity contribution in [3.05, 3.63) is 0 Å². The molecule has 14 heavy (non-hydrogen) atoms. The molecule has 1 aliphatic heterocycles. The zero-order chi connectivity index (χ0) is 10.9. The summed E-state index contributed by atoms with van der Waals surface area (Å²) >= 11 is 6.08. The standard InChI is InChI=1S/C11H20ClNO/c1-7-8(12)5-6-9(13-7)10(14)11(2,3)4/h7-9,13H,5-6H2,1-4H3. The molecule has 0 amide bonds. The first-order chi connectivity index (χ1) is 6.32. The number of piperidine rings is 1. The van der Waals surface area contributed by atoms with Crippen LogP contribution in [0.2, 0.25) is 0 Å². The summed E-state index contributed by atoms with van der Waals surface area (Å²) < 4.78 is 0. The second kappa shape index (κ2) is 4.19. The van der Waals surface area contributed by atoms with Gasteiger partial charge >= 0.3 is 0 Å². The predicted octanol–water partition coefficient (Wildman–Crippen LogP) is 2.35. The maximum atomic E-state index is 12.0. The van der Waals surface area contributed by atoms with Gasteiger partial charge in [-0.3, -0.25) is 4.79 Å². The number of ketones is 1. The predicted molar refractivity (Wildman–Crippen MR) is 59.7 cm³/mol. The van der Waals surface area contributed by atoms with E-state index in [1.54, 1.807) is 0 Å². The number of nitrogens with one attached hydrogen (secondary N) is 1. The highest BCUT2D eigenvalue weighted by Gasteiger charge is 2.34. The summed E-state index contributed by atoms with van der Waals surface area (Å²) in [6.07, 6.45) is 1.80. The smallest absolute Gasteiger partial charge is 0.155 e. The molecule has 0 aromatic rings. The molecule has 3 unspecified atom stereocenters. The van der Waals surface area contributed by atoms with E-state index in [-0.39, 0.29) is 22.9 Å². The van der Waals surface area contributed by atoms with Gasteiger partial charge in [0.15, 0.2) is 5.78 Å². The number of halogens is 1. The molecule has 1 fully saturated rings. The van der Waals surface area contributed by atoms with Crippen LogP contribution < -0.4 is 5.32 Å². The highest BCUT2D eigenvalue weighted by molar-refractivity contribution is 6.21. The zero-order valence-corrected chi connectivity index (χ0v) is 10.2. The van der Waals surface area contributed by atoms with Crippen LogP contribution in [0.4, 0.5) is 0 Å². The maximum absolute atomic E-state index is 12.0. The minimum absolute atomic E-state index is 0.000000000000000444. The molecule has 1 N–H and O–H groups in total. The first-order valence-corrected chi connectivity index (χ1v) is 5.70. The normalized spacial score (nSPS) is 34.2. The molecule has 1 heterocycles. The van der Waals surface area contributed by atoms with Crippen LogP contribution >= 0.6 is 11.6 Å². The van der Waals surface area contributed by atoms with Gasteiger partial charge in [0.2, 0.25) is 0 Å². The van der Waals surface area contributed by atoms with E-state index in [4.69, 9.17) is 11.6 Å². The minimum atomic E-state index is -0.253. The Morgan fingerprint density at radius 3 is 2.36 bits per heavy atom. The third-order valence-corrected chi connectivity index (χ3v) is 3.39. The second-order valence-corrected chi connectivity index (χ2v) is 5.78. The average Bonchev–Trinajstić information content (AvgIpc) is 2.07. The van der Waals surface area contributed by atoms with Gasteiger partial charge in [0.05, 0.1) is 6.04 Å². The molecule has 1 saturated heterocycles. The van der Waals surface area contributed by atoms with E-state index < -0.39 is 0 Å². The molecule has 1 aliphatic rings. The summed E-state index contributed by atoms with van der Waals surface area (Å²) in [7, 11) is 0. The Morgan fingerprint density at radius 2 is 1.93 bits per heavy atom. The molecular weight excluding hydrogens is 198 g/mol. The molecular formula is C11H20ClNO. The van der Waals surface area contributed by atoms with Crippen LogP contribution in [0.5, 0.6) is 0 Å². The quantitative estimate of drug-likeness (QED) is 0.684. The number of carbonyl (C=O) groups excluding carboxylic acids is 1. The van der Waals surface area contributed by atoms with Crippen LogP contribution in [0.3, 0.4) is 0 Å². The lowest BCUT2D eigenvalue weighted by Gasteiger charge is -2.34. The van der Waals surface area contributed by atoms with Crippen molar-refractivity contribution in [3.8, 4) is 0 Å². The lowest BCUT2D eigenvalue weighted by atomic mass is 9.82. The molecule has 0 aromatic carbocycles.